The maximum atomic E-state index is 13.1. The number of ketones is 1. The van der Waals surface area contributed by atoms with Gasteiger partial charge < -0.3 is 14.5 Å². The molecular formula is C26H31N5O3S. The molecule has 1 aliphatic rings. The van der Waals surface area contributed by atoms with Crippen molar-refractivity contribution in [2.45, 2.75) is 32.8 Å². The topological polar surface area (TPSA) is 87.7 Å². The van der Waals surface area contributed by atoms with Crippen LogP contribution in [0.25, 0.3) is 10.4 Å². The molecule has 0 spiro atoms. The van der Waals surface area contributed by atoms with Crippen molar-refractivity contribution >= 4 is 34.7 Å². The van der Waals surface area contributed by atoms with Crippen LogP contribution in [0.1, 0.15) is 36.8 Å². The van der Waals surface area contributed by atoms with Crippen LogP contribution in [-0.2, 0) is 11.2 Å². The van der Waals surface area contributed by atoms with Crippen molar-refractivity contribution in [2.24, 2.45) is 0 Å². The second kappa shape index (κ2) is 10.5. The lowest BCUT2D eigenvalue weighted by atomic mass is 10.0. The molecule has 2 aromatic heterocycles. The van der Waals surface area contributed by atoms with Gasteiger partial charge in [0.2, 0.25) is 0 Å². The van der Waals surface area contributed by atoms with E-state index in [1.54, 1.807) is 44.5 Å². The fourth-order valence-corrected chi connectivity index (χ4v) is 4.52. The third-order valence-electron chi connectivity index (χ3n) is 5.65. The van der Waals surface area contributed by atoms with Gasteiger partial charge >= 0.3 is 6.09 Å². The minimum Gasteiger partial charge on any atom is -0.444 e. The average Bonchev–Trinajstić information content (AvgIpc) is 3.35. The normalized spacial score (nSPS) is 14.6. The lowest BCUT2D eigenvalue weighted by molar-refractivity contribution is 0.0635. The molecule has 1 aromatic carbocycles. The highest BCUT2D eigenvalue weighted by Gasteiger charge is 2.20. The first-order chi connectivity index (χ1) is 16.7. The lowest BCUT2D eigenvalue weighted by Gasteiger charge is -2.32. The van der Waals surface area contributed by atoms with Gasteiger partial charge in [-0.05, 0) is 62.5 Å². The van der Waals surface area contributed by atoms with Crippen LogP contribution in [0.5, 0.6) is 0 Å². The van der Waals surface area contributed by atoms with E-state index in [4.69, 9.17) is 4.74 Å². The Bertz CT molecular complexity index is 1160. The Hall–Kier alpha value is -3.30. The number of ether oxygens (including phenoxy) is 1. The number of rotatable bonds is 6. The summed E-state index contributed by atoms with van der Waals surface area (Å²) in [6, 6.07) is 9.67. The quantitative estimate of drug-likeness (QED) is 0.497. The first-order valence-corrected chi connectivity index (χ1v) is 12.5. The molecule has 0 atom stereocenters. The molecule has 0 aliphatic carbocycles. The number of hydrogen-bond donors (Lipinski definition) is 1. The van der Waals surface area contributed by atoms with E-state index in [0.29, 0.717) is 16.9 Å². The Balaban J connectivity index is 1.53. The van der Waals surface area contributed by atoms with Gasteiger partial charge in [0.15, 0.2) is 5.78 Å². The standard InChI is InChI=1S/C26H31N5O3S/c1-26(2,3)34-25(33)29-20-8-7-18(23-6-5-13-35-23)14-19(20)15-22(32)21-16-28-24(17-27-21)31-11-9-30(4)10-12-31/h5-8,13-14,16-17H,9-12,15H2,1-4H3,(H,29,33). The Morgan fingerprint density at radius 2 is 1.86 bits per heavy atom. The molecule has 8 nitrogen and oxygen atoms in total. The second-order valence-corrected chi connectivity index (χ2v) is 10.6. The van der Waals surface area contributed by atoms with Gasteiger partial charge in [-0.2, -0.15) is 0 Å². The van der Waals surface area contributed by atoms with Crippen LogP contribution in [0.2, 0.25) is 0 Å². The monoisotopic (exact) mass is 493 g/mol. The number of hydrogen-bond acceptors (Lipinski definition) is 8. The van der Waals surface area contributed by atoms with Gasteiger partial charge in [0.1, 0.15) is 17.1 Å². The summed E-state index contributed by atoms with van der Waals surface area (Å²) >= 11 is 1.62. The fourth-order valence-electron chi connectivity index (χ4n) is 3.80. The van der Waals surface area contributed by atoms with Gasteiger partial charge in [-0.3, -0.25) is 10.1 Å². The Morgan fingerprint density at radius 3 is 2.49 bits per heavy atom. The highest BCUT2D eigenvalue weighted by Crippen LogP contribution is 2.30. The Morgan fingerprint density at radius 1 is 1.09 bits per heavy atom. The lowest BCUT2D eigenvalue weighted by Crippen LogP contribution is -2.44. The van der Waals surface area contributed by atoms with E-state index < -0.39 is 11.7 Å². The maximum absolute atomic E-state index is 13.1. The van der Waals surface area contributed by atoms with Crippen molar-refractivity contribution in [3.63, 3.8) is 0 Å². The molecule has 1 fully saturated rings. The van der Waals surface area contributed by atoms with E-state index in [1.807, 2.05) is 35.7 Å². The first-order valence-electron chi connectivity index (χ1n) is 11.6. The third kappa shape index (κ3) is 6.64. The Kier molecular flexibility index (Phi) is 7.47. The Labute approximate surface area is 210 Å². The van der Waals surface area contributed by atoms with E-state index in [9.17, 15) is 9.59 Å². The third-order valence-corrected chi connectivity index (χ3v) is 6.57. The van der Waals surface area contributed by atoms with Crippen molar-refractivity contribution in [3.05, 3.63) is 59.4 Å². The molecule has 1 aliphatic heterocycles. The highest BCUT2D eigenvalue weighted by atomic mass is 32.1. The van der Waals surface area contributed by atoms with Crippen LogP contribution in [-0.4, -0.2) is 65.6 Å². The van der Waals surface area contributed by atoms with E-state index in [-0.39, 0.29) is 12.2 Å². The number of carbonyl (C=O) groups excluding carboxylic acids is 2. The first kappa shape index (κ1) is 24.8. The molecule has 184 valence electrons. The number of nitrogens with zero attached hydrogens (tertiary/aromatic N) is 4. The summed E-state index contributed by atoms with van der Waals surface area (Å²) in [6.07, 6.45) is 2.72. The van der Waals surface area contributed by atoms with Crippen LogP contribution in [0.4, 0.5) is 16.3 Å². The number of carbonyl (C=O) groups is 2. The molecular weight excluding hydrogens is 462 g/mol. The van der Waals surface area contributed by atoms with Crippen LogP contribution in [0.15, 0.2) is 48.1 Å². The van der Waals surface area contributed by atoms with Gasteiger partial charge in [0.25, 0.3) is 0 Å². The van der Waals surface area contributed by atoms with Crippen LogP contribution < -0.4 is 10.2 Å². The molecule has 1 amide bonds. The summed E-state index contributed by atoms with van der Waals surface area (Å²) < 4.78 is 5.40. The molecule has 0 radical (unpaired) electrons. The number of nitrogens with one attached hydrogen (secondary N) is 1. The van der Waals surface area contributed by atoms with Crippen LogP contribution in [0, 0.1) is 0 Å². The minimum absolute atomic E-state index is 0.0763. The number of anilines is 2. The van der Waals surface area contributed by atoms with Crippen molar-refractivity contribution < 1.29 is 14.3 Å². The molecule has 1 N–H and O–H groups in total. The van der Waals surface area contributed by atoms with Crippen molar-refractivity contribution in [2.75, 3.05) is 43.4 Å². The number of amides is 1. The molecule has 1 saturated heterocycles. The summed E-state index contributed by atoms with van der Waals surface area (Å²) in [7, 11) is 2.10. The zero-order valence-corrected chi connectivity index (χ0v) is 21.4. The molecule has 0 saturated carbocycles. The number of likely N-dealkylation sites (N-methyl/N-ethyl adjacent to an activating group) is 1. The van der Waals surface area contributed by atoms with E-state index in [0.717, 1.165) is 42.4 Å². The molecule has 0 bridgehead atoms. The van der Waals surface area contributed by atoms with Crippen LogP contribution in [0.3, 0.4) is 0 Å². The minimum atomic E-state index is -0.627. The van der Waals surface area contributed by atoms with Gasteiger partial charge in [-0.15, -0.1) is 11.3 Å². The van der Waals surface area contributed by atoms with Crippen molar-refractivity contribution in [1.29, 1.82) is 0 Å². The molecule has 9 heteroatoms. The summed E-state index contributed by atoms with van der Waals surface area (Å²) in [4.78, 5) is 40.0. The van der Waals surface area contributed by atoms with Crippen molar-refractivity contribution in [3.8, 4) is 10.4 Å². The number of Topliss-reactive ketones (excluding diaryl/α,β-unsaturated/α-hetero) is 1. The molecule has 3 aromatic rings. The molecule has 4 rings (SSSR count). The number of thiophene rings is 1. The summed E-state index contributed by atoms with van der Waals surface area (Å²) in [6.45, 7) is 9.12. The predicted molar refractivity (Wildman–Crippen MR) is 139 cm³/mol. The molecule has 3 heterocycles. The molecule has 35 heavy (non-hydrogen) atoms. The summed E-state index contributed by atoms with van der Waals surface area (Å²) in [5.41, 5.74) is 1.88. The number of benzene rings is 1. The average molecular weight is 494 g/mol. The van der Waals surface area contributed by atoms with Gasteiger partial charge in [-0.25, -0.2) is 14.8 Å². The van der Waals surface area contributed by atoms with Crippen LogP contribution >= 0.6 is 11.3 Å². The smallest absolute Gasteiger partial charge is 0.412 e. The van der Waals surface area contributed by atoms with Gasteiger partial charge in [-0.1, -0.05) is 12.1 Å². The fraction of sp³-hybridized carbons (Fsp3) is 0.385. The van der Waals surface area contributed by atoms with Crippen molar-refractivity contribution in [1.82, 2.24) is 14.9 Å². The zero-order chi connectivity index (χ0) is 25.0. The largest absolute Gasteiger partial charge is 0.444 e. The number of piperazine rings is 1. The van der Waals surface area contributed by atoms with Gasteiger partial charge in [0, 0.05) is 43.2 Å². The SMILES string of the molecule is CN1CCN(c2cnc(C(=O)Cc3cc(-c4cccs4)ccc3NC(=O)OC(C)(C)C)cn2)CC1. The van der Waals surface area contributed by atoms with E-state index in [1.165, 1.54) is 0 Å². The second-order valence-electron chi connectivity index (χ2n) is 9.63. The highest BCUT2D eigenvalue weighted by molar-refractivity contribution is 7.13. The van der Waals surface area contributed by atoms with Gasteiger partial charge in [0.05, 0.1) is 12.4 Å². The summed E-state index contributed by atoms with van der Waals surface area (Å²) in [5.74, 6) is 0.611. The zero-order valence-electron chi connectivity index (χ0n) is 20.6. The van der Waals surface area contributed by atoms with E-state index in [2.05, 4.69) is 32.1 Å². The predicted octanol–water partition coefficient (Wildman–Crippen LogP) is 4.73. The summed E-state index contributed by atoms with van der Waals surface area (Å²) in [5, 5.41) is 4.80. The van der Waals surface area contributed by atoms with E-state index >= 15 is 0 Å². The maximum Gasteiger partial charge on any atom is 0.412 e. The number of aromatic nitrogens is 2. The molecule has 0 unspecified atom stereocenters.